The first kappa shape index (κ1) is 20.4. The largest absolute Gasteiger partial charge is 0.322 e. The van der Waals surface area contributed by atoms with Crippen LogP contribution in [-0.2, 0) is 19.2 Å². The fraction of sp³-hybridized carbons (Fsp3) is 0.0870. The molecule has 7 nitrogen and oxygen atoms in total. The summed E-state index contributed by atoms with van der Waals surface area (Å²) in [5, 5.41) is 6.43. The summed E-state index contributed by atoms with van der Waals surface area (Å²) in [5.74, 6) is 0.703. The Hall–Kier alpha value is -4.31. The van der Waals surface area contributed by atoms with Gasteiger partial charge in [0.1, 0.15) is 5.71 Å². The third kappa shape index (κ3) is 4.75. The molecular weight excluding hydrogens is 382 g/mol. The van der Waals surface area contributed by atoms with Crippen LogP contribution in [-0.4, -0.2) is 29.1 Å². The number of benzene rings is 2. The molecular formula is C23H17N3O4. The predicted molar refractivity (Wildman–Crippen MR) is 112 cm³/mol. The van der Waals surface area contributed by atoms with Crippen molar-refractivity contribution >= 4 is 40.9 Å². The Morgan fingerprint density at radius 1 is 1.17 bits per heavy atom. The molecule has 2 aromatic rings. The number of ketones is 2. The van der Waals surface area contributed by atoms with Crippen molar-refractivity contribution in [1.82, 2.24) is 5.43 Å². The average Bonchev–Trinajstić information content (AvgIpc) is 2.72. The minimum atomic E-state index is -0.570. The molecule has 0 radical (unpaired) electrons. The van der Waals surface area contributed by atoms with Gasteiger partial charge in [-0.1, -0.05) is 30.2 Å². The van der Waals surface area contributed by atoms with Gasteiger partial charge in [-0.15, -0.1) is 6.42 Å². The first-order chi connectivity index (χ1) is 14.4. The summed E-state index contributed by atoms with van der Waals surface area (Å²) in [6.07, 6.45) is 6.60. The number of hydrogen-bond acceptors (Lipinski definition) is 5. The molecule has 7 heteroatoms. The SMILES string of the molecule is C#Cc1cccc(C=C(C(C)=O)C(=O)Nc2ccc(C3=NNC(=O)CC3=O)cc2)c1. The molecule has 0 saturated heterocycles. The van der Waals surface area contributed by atoms with Gasteiger partial charge in [-0.3, -0.25) is 19.2 Å². The molecule has 0 bridgehead atoms. The van der Waals surface area contributed by atoms with Gasteiger partial charge in [0.05, 0.1) is 12.0 Å². The van der Waals surface area contributed by atoms with E-state index in [-0.39, 0.29) is 23.5 Å². The van der Waals surface area contributed by atoms with Gasteiger partial charge in [0.25, 0.3) is 5.91 Å². The number of carbonyl (C=O) groups is 4. The molecule has 3 rings (SSSR count). The lowest BCUT2D eigenvalue weighted by Gasteiger charge is -2.12. The minimum Gasteiger partial charge on any atom is -0.322 e. The van der Waals surface area contributed by atoms with Crippen LogP contribution in [0.4, 0.5) is 5.69 Å². The van der Waals surface area contributed by atoms with E-state index in [1.807, 2.05) is 0 Å². The van der Waals surface area contributed by atoms with Gasteiger partial charge in [-0.05, 0) is 42.8 Å². The van der Waals surface area contributed by atoms with E-state index in [4.69, 9.17) is 6.42 Å². The molecule has 0 fully saturated rings. The molecule has 0 spiro atoms. The first-order valence-electron chi connectivity index (χ1n) is 8.98. The smallest absolute Gasteiger partial charge is 0.259 e. The maximum Gasteiger partial charge on any atom is 0.259 e. The highest BCUT2D eigenvalue weighted by Crippen LogP contribution is 2.16. The number of carbonyl (C=O) groups excluding carboxylic acids is 4. The standard InChI is InChI=1S/C23H17N3O4/c1-3-15-5-4-6-16(11-15)12-19(14(2)27)23(30)24-18-9-7-17(8-10-18)22-20(28)13-21(29)25-26-22/h1,4-12H,13H2,2H3,(H,24,30)(H,25,29). The highest BCUT2D eigenvalue weighted by atomic mass is 16.2. The van der Waals surface area contributed by atoms with Crippen LogP contribution in [0.5, 0.6) is 0 Å². The summed E-state index contributed by atoms with van der Waals surface area (Å²) in [7, 11) is 0. The zero-order chi connectivity index (χ0) is 21.7. The van der Waals surface area contributed by atoms with Crippen LogP contribution in [0, 0.1) is 12.3 Å². The quantitative estimate of drug-likeness (QED) is 0.348. The monoisotopic (exact) mass is 399 g/mol. The van der Waals surface area contributed by atoms with Crippen molar-refractivity contribution in [3.63, 3.8) is 0 Å². The topological polar surface area (TPSA) is 105 Å². The molecule has 0 aromatic heterocycles. The summed E-state index contributed by atoms with van der Waals surface area (Å²) in [6.45, 7) is 1.31. The number of nitrogens with one attached hydrogen (secondary N) is 2. The summed E-state index contributed by atoms with van der Waals surface area (Å²) in [6, 6.07) is 13.3. The number of terminal acetylenes is 1. The van der Waals surface area contributed by atoms with E-state index in [1.54, 1.807) is 48.5 Å². The van der Waals surface area contributed by atoms with E-state index in [2.05, 4.69) is 21.8 Å². The summed E-state index contributed by atoms with van der Waals surface area (Å²) >= 11 is 0. The Balaban J connectivity index is 1.79. The maximum atomic E-state index is 12.6. The van der Waals surface area contributed by atoms with E-state index in [0.717, 1.165) is 0 Å². The molecule has 1 aliphatic rings. The molecule has 2 amide bonds. The third-order valence-electron chi connectivity index (χ3n) is 4.28. The van der Waals surface area contributed by atoms with E-state index >= 15 is 0 Å². The Kier molecular flexibility index (Phi) is 5.99. The number of nitrogens with zero attached hydrogens (tertiary/aromatic N) is 1. The van der Waals surface area contributed by atoms with Crippen molar-refractivity contribution in [3.05, 3.63) is 70.8 Å². The number of anilines is 1. The number of hydrogen-bond donors (Lipinski definition) is 2. The lowest BCUT2D eigenvalue weighted by Crippen LogP contribution is -2.33. The Morgan fingerprint density at radius 3 is 2.53 bits per heavy atom. The highest BCUT2D eigenvalue weighted by Gasteiger charge is 2.22. The van der Waals surface area contributed by atoms with E-state index in [1.165, 1.54) is 13.0 Å². The van der Waals surface area contributed by atoms with Crippen LogP contribution in [0.3, 0.4) is 0 Å². The normalized spacial score (nSPS) is 13.7. The van der Waals surface area contributed by atoms with Gasteiger partial charge in [0, 0.05) is 16.8 Å². The van der Waals surface area contributed by atoms with Crippen LogP contribution in [0.15, 0.2) is 59.2 Å². The second kappa shape index (κ2) is 8.80. The molecule has 2 aromatic carbocycles. The van der Waals surface area contributed by atoms with Gasteiger partial charge in [0.2, 0.25) is 5.91 Å². The molecule has 0 aliphatic carbocycles. The maximum absolute atomic E-state index is 12.6. The van der Waals surface area contributed by atoms with Gasteiger partial charge in [-0.25, -0.2) is 5.43 Å². The van der Waals surface area contributed by atoms with E-state index in [0.29, 0.717) is 22.4 Å². The van der Waals surface area contributed by atoms with E-state index in [9.17, 15) is 19.2 Å². The molecule has 0 atom stereocenters. The predicted octanol–water partition coefficient (Wildman–Crippen LogP) is 2.07. The van der Waals surface area contributed by atoms with Crippen molar-refractivity contribution in [2.45, 2.75) is 13.3 Å². The average molecular weight is 399 g/mol. The van der Waals surface area contributed by atoms with Gasteiger partial charge in [0.15, 0.2) is 11.6 Å². The van der Waals surface area contributed by atoms with Crippen molar-refractivity contribution < 1.29 is 19.2 Å². The van der Waals surface area contributed by atoms with Gasteiger partial charge >= 0.3 is 0 Å². The zero-order valence-corrected chi connectivity index (χ0v) is 16.1. The molecule has 0 saturated carbocycles. The second-order valence-electron chi connectivity index (χ2n) is 6.51. The lowest BCUT2D eigenvalue weighted by molar-refractivity contribution is -0.126. The first-order valence-corrected chi connectivity index (χ1v) is 8.98. The Morgan fingerprint density at radius 2 is 1.90 bits per heavy atom. The molecule has 1 heterocycles. The van der Waals surface area contributed by atoms with Gasteiger partial charge < -0.3 is 5.32 Å². The minimum absolute atomic E-state index is 0.0252. The zero-order valence-electron chi connectivity index (χ0n) is 16.1. The fourth-order valence-corrected chi connectivity index (χ4v) is 2.80. The number of rotatable bonds is 5. The highest BCUT2D eigenvalue weighted by molar-refractivity contribution is 6.49. The van der Waals surface area contributed by atoms with Crippen LogP contribution < -0.4 is 10.7 Å². The van der Waals surface area contributed by atoms with Crippen LogP contribution >= 0.6 is 0 Å². The molecule has 148 valence electrons. The number of Topliss-reactive ketones (excluding diaryl/α,β-unsaturated/α-hetero) is 2. The van der Waals surface area contributed by atoms with Crippen molar-refractivity contribution in [3.8, 4) is 12.3 Å². The summed E-state index contributed by atoms with van der Waals surface area (Å²) in [5.41, 5.74) is 4.60. The van der Waals surface area contributed by atoms with Crippen LogP contribution in [0.2, 0.25) is 0 Å². The number of amides is 2. The van der Waals surface area contributed by atoms with E-state index < -0.39 is 17.6 Å². The van der Waals surface area contributed by atoms with Crippen molar-refractivity contribution in [2.75, 3.05) is 5.32 Å². The molecule has 0 unspecified atom stereocenters. The van der Waals surface area contributed by atoms with Crippen molar-refractivity contribution in [1.29, 1.82) is 0 Å². The Labute approximate surface area is 172 Å². The molecule has 30 heavy (non-hydrogen) atoms. The third-order valence-corrected chi connectivity index (χ3v) is 4.28. The van der Waals surface area contributed by atoms with Crippen LogP contribution in [0.25, 0.3) is 6.08 Å². The molecule has 1 aliphatic heterocycles. The fourth-order valence-electron chi connectivity index (χ4n) is 2.80. The summed E-state index contributed by atoms with van der Waals surface area (Å²) < 4.78 is 0. The lowest BCUT2D eigenvalue weighted by atomic mass is 10.0. The Bertz CT molecular complexity index is 1150. The summed E-state index contributed by atoms with van der Waals surface area (Å²) in [4.78, 5) is 47.7. The van der Waals surface area contributed by atoms with Crippen LogP contribution in [0.1, 0.15) is 30.0 Å². The molecule has 2 N–H and O–H groups in total. The van der Waals surface area contributed by atoms with Gasteiger partial charge in [-0.2, -0.15) is 5.10 Å². The number of hydrazone groups is 1. The van der Waals surface area contributed by atoms with Crippen molar-refractivity contribution in [2.24, 2.45) is 5.10 Å². The second-order valence-corrected chi connectivity index (χ2v) is 6.51.